The Bertz CT molecular complexity index is 2450. The van der Waals surface area contributed by atoms with Crippen LogP contribution in [0.4, 0.5) is 0 Å². The van der Waals surface area contributed by atoms with E-state index >= 15 is 0 Å². The first-order valence-corrected chi connectivity index (χ1v) is 15.5. The first-order valence-electron chi connectivity index (χ1n) is 14.7. The Kier molecular flexibility index (Phi) is 6.46. The molecule has 1 aliphatic heterocycles. The predicted molar refractivity (Wildman–Crippen MR) is 185 cm³/mol. The first kappa shape index (κ1) is 26.6. The summed E-state index contributed by atoms with van der Waals surface area (Å²) in [4.78, 5) is 4.14. The van der Waals surface area contributed by atoms with E-state index in [4.69, 9.17) is 0 Å². The van der Waals surface area contributed by atoms with Crippen LogP contribution in [0.1, 0.15) is 11.3 Å². The molecule has 210 valence electrons. The number of dihydropyridines is 1. The SMILES string of the molecule is N#Cc1cc(-c2cccc(-c3cc4sc5cc(-c6cccc(C7=CC(C#N)NC=C7)c6)ccc5c4c4ccccc34)c2)ccn1. The number of hydrogen-bond acceptors (Lipinski definition) is 5. The maximum atomic E-state index is 9.37. The molecule has 1 atom stereocenters. The minimum Gasteiger partial charge on any atom is -0.373 e. The predicted octanol–water partition coefficient (Wildman–Crippen LogP) is 9.87. The molecular formula is C40H24N4S. The summed E-state index contributed by atoms with van der Waals surface area (Å²) in [5, 5.41) is 26.8. The normalized spacial score (nSPS) is 14.2. The molecule has 0 aliphatic carbocycles. The van der Waals surface area contributed by atoms with E-state index in [2.05, 4.69) is 120 Å². The fourth-order valence-corrected chi connectivity index (χ4v) is 7.47. The molecule has 0 spiro atoms. The number of nitriles is 2. The molecule has 3 heterocycles. The third-order valence-corrected chi connectivity index (χ3v) is 9.51. The van der Waals surface area contributed by atoms with Gasteiger partial charge >= 0.3 is 0 Å². The number of rotatable bonds is 4. The van der Waals surface area contributed by atoms with Crippen LogP contribution in [0.15, 0.2) is 134 Å². The molecular weight excluding hydrogens is 569 g/mol. The number of benzene rings is 5. The van der Waals surface area contributed by atoms with Crippen molar-refractivity contribution in [1.29, 1.82) is 10.5 Å². The highest BCUT2D eigenvalue weighted by molar-refractivity contribution is 7.26. The molecule has 0 saturated carbocycles. The van der Waals surface area contributed by atoms with E-state index in [-0.39, 0.29) is 6.04 Å². The molecule has 8 rings (SSSR count). The van der Waals surface area contributed by atoms with Gasteiger partial charge in [0.05, 0.1) is 6.07 Å². The Labute approximate surface area is 264 Å². The summed E-state index contributed by atoms with van der Waals surface area (Å²) in [5.41, 5.74) is 9.21. The number of fused-ring (bicyclic) bond motifs is 5. The van der Waals surface area contributed by atoms with Crippen LogP contribution < -0.4 is 5.32 Å². The van der Waals surface area contributed by atoms with Crippen molar-refractivity contribution in [2.45, 2.75) is 6.04 Å². The standard InChI is InChI=1S/C40H24N4S/c41-23-32-19-29(13-15-43-32)26-6-3-5-25(17-26)28-11-12-36-38(21-28)45-39-22-37(34-9-1-2-10-35(34)40(36)39)31-8-4-7-27(18-31)30-14-16-44-33(20-30)24-42/h1-22,32,43H. The number of nitrogens with one attached hydrogen (secondary N) is 1. The fraction of sp³-hybridized carbons (Fsp3) is 0.0250. The van der Waals surface area contributed by atoms with Gasteiger partial charge in [-0.15, -0.1) is 11.3 Å². The molecule has 7 aromatic rings. The average molecular weight is 593 g/mol. The zero-order valence-electron chi connectivity index (χ0n) is 24.0. The first-order chi connectivity index (χ1) is 22.2. The summed E-state index contributed by atoms with van der Waals surface area (Å²) in [5.74, 6) is 0. The van der Waals surface area contributed by atoms with Crippen molar-refractivity contribution in [3.8, 4) is 45.5 Å². The van der Waals surface area contributed by atoms with Crippen LogP contribution in [0.25, 0.3) is 69.9 Å². The number of nitrogens with zero attached hydrogens (tertiary/aromatic N) is 3. The summed E-state index contributed by atoms with van der Waals surface area (Å²) in [7, 11) is 0. The van der Waals surface area contributed by atoms with Crippen molar-refractivity contribution in [2.24, 2.45) is 0 Å². The molecule has 4 nitrogen and oxygen atoms in total. The number of hydrogen-bond donors (Lipinski definition) is 1. The Hall–Kier alpha value is -6.01. The van der Waals surface area contributed by atoms with Crippen molar-refractivity contribution in [2.75, 3.05) is 0 Å². The van der Waals surface area contributed by atoms with Gasteiger partial charge in [-0.3, -0.25) is 0 Å². The van der Waals surface area contributed by atoms with Crippen LogP contribution in [0.2, 0.25) is 0 Å². The molecule has 0 saturated heterocycles. The summed E-state index contributed by atoms with van der Waals surface area (Å²) in [6.07, 6.45) is 7.52. The zero-order valence-corrected chi connectivity index (χ0v) is 24.8. The van der Waals surface area contributed by atoms with E-state index in [0.717, 1.165) is 39.0 Å². The largest absolute Gasteiger partial charge is 0.373 e. The monoisotopic (exact) mass is 592 g/mol. The molecule has 1 unspecified atom stereocenters. The molecule has 5 aromatic carbocycles. The quantitative estimate of drug-likeness (QED) is 0.221. The molecule has 0 bridgehead atoms. The van der Waals surface area contributed by atoms with Gasteiger partial charge in [0.15, 0.2) is 0 Å². The lowest BCUT2D eigenvalue weighted by molar-refractivity contribution is 0.844. The second-order valence-corrected chi connectivity index (χ2v) is 12.2. The van der Waals surface area contributed by atoms with Gasteiger partial charge in [-0.2, -0.15) is 10.5 Å². The smallest absolute Gasteiger partial charge is 0.141 e. The maximum absolute atomic E-state index is 9.37. The maximum Gasteiger partial charge on any atom is 0.141 e. The number of aromatic nitrogens is 1. The highest BCUT2D eigenvalue weighted by atomic mass is 32.1. The third-order valence-electron chi connectivity index (χ3n) is 8.41. The lowest BCUT2D eigenvalue weighted by atomic mass is 9.93. The fourth-order valence-electron chi connectivity index (χ4n) is 6.27. The Morgan fingerprint density at radius 1 is 0.644 bits per heavy atom. The van der Waals surface area contributed by atoms with E-state index in [0.29, 0.717) is 5.69 Å². The summed E-state index contributed by atoms with van der Waals surface area (Å²) in [6, 6.07) is 42.7. The Balaban J connectivity index is 1.25. The minimum absolute atomic E-state index is 0.321. The van der Waals surface area contributed by atoms with Gasteiger partial charge in [0.2, 0.25) is 0 Å². The average Bonchev–Trinajstić information content (AvgIpc) is 3.49. The van der Waals surface area contributed by atoms with Crippen molar-refractivity contribution < 1.29 is 0 Å². The second-order valence-electron chi connectivity index (χ2n) is 11.1. The highest BCUT2D eigenvalue weighted by Gasteiger charge is 2.15. The van der Waals surface area contributed by atoms with Crippen molar-refractivity contribution in [1.82, 2.24) is 10.3 Å². The topological polar surface area (TPSA) is 72.5 Å². The van der Waals surface area contributed by atoms with Gasteiger partial charge < -0.3 is 5.32 Å². The summed E-state index contributed by atoms with van der Waals surface area (Å²) >= 11 is 1.82. The molecule has 2 aromatic heterocycles. The van der Waals surface area contributed by atoms with Crippen LogP contribution in [0.3, 0.4) is 0 Å². The van der Waals surface area contributed by atoms with Gasteiger partial charge in [0.25, 0.3) is 0 Å². The zero-order chi connectivity index (χ0) is 30.3. The Morgan fingerprint density at radius 3 is 2.20 bits per heavy atom. The van der Waals surface area contributed by atoms with Crippen LogP contribution >= 0.6 is 11.3 Å². The van der Waals surface area contributed by atoms with Crippen molar-refractivity contribution in [3.05, 3.63) is 145 Å². The third kappa shape index (κ3) is 4.73. The minimum atomic E-state index is -0.321. The molecule has 45 heavy (non-hydrogen) atoms. The molecule has 0 fully saturated rings. The molecule has 0 radical (unpaired) electrons. The van der Waals surface area contributed by atoms with E-state index in [9.17, 15) is 10.5 Å². The highest BCUT2D eigenvalue weighted by Crippen LogP contribution is 2.44. The van der Waals surface area contributed by atoms with Gasteiger partial charge in [0, 0.05) is 26.4 Å². The van der Waals surface area contributed by atoms with E-state index < -0.39 is 0 Å². The van der Waals surface area contributed by atoms with Crippen molar-refractivity contribution >= 4 is 47.9 Å². The lowest BCUT2D eigenvalue weighted by Gasteiger charge is -2.14. The van der Waals surface area contributed by atoms with Crippen LogP contribution in [0, 0.1) is 22.7 Å². The lowest BCUT2D eigenvalue weighted by Crippen LogP contribution is -2.22. The number of allylic oxidation sites excluding steroid dienone is 2. The molecule has 1 N–H and O–H groups in total. The van der Waals surface area contributed by atoms with Gasteiger partial charge in [-0.25, -0.2) is 4.98 Å². The second kappa shape index (κ2) is 10.9. The molecule has 1 aliphatic rings. The molecule has 0 amide bonds. The Morgan fingerprint density at radius 2 is 1.38 bits per heavy atom. The van der Waals surface area contributed by atoms with Crippen LogP contribution in [0.5, 0.6) is 0 Å². The van der Waals surface area contributed by atoms with Crippen molar-refractivity contribution in [3.63, 3.8) is 0 Å². The van der Waals surface area contributed by atoms with Gasteiger partial charge in [0.1, 0.15) is 17.8 Å². The number of thiophene rings is 1. The molecule has 5 heteroatoms. The van der Waals surface area contributed by atoms with E-state index in [1.807, 2.05) is 41.8 Å². The van der Waals surface area contributed by atoms with Gasteiger partial charge in [-0.1, -0.05) is 72.8 Å². The van der Waals surface area contributed by atoms with E-state index in [1.54, 1.807) is 6.20 Å². The van der Waals surface area contributed by atoms with Gasteiger partial charge in [-0.05, 0) is 110 Å². The summed E-state index contributed by atoms with van der Waals surface area (Å²) < 4.78 is 2.49. The van der Waals surface area contributed by atoms with Crippen LogP contribution in [-0.4, -0.2) is 11.0 Å². The van der Waals surface area contributed by atoms with E-state index in [1.165, 1.54) is 36.5 Å². The van der Waals surface area contributed by atoms with Crippen LogP contribution in [-0.2, 0) is 0 Å². The summed E-state index contributed by atoms with van der Waals surface area (Å²) in [6.45, 7) is 0. The number of pyridine rings is 1.